The lowest BCUT2D eigenvalue weighted by Gasteiger charge is -2.27. The van der Waals surface area contributed by atoms with Crippen molar-refractivity contribution in [3.8, 4) is 0 Å². The quantitative estimate of drug-likeness (QED) is 0.161. The van der Waals surface area contributed by atoms with E-state index >= 15 is 0 Å². The summed E-state index contributed by atoms with van der Waals surface area (Å²) in [7, 11) is -0.116. The molecule has 184 valence electrons. The van der Waals surface area contributed by atoms with Crippen LogP contribution in [0.5, 0.6) is 0 Å². The van der Waals surface area contributed by atoms with Crippen molar-refractivity contribution in [1.82, 2.24) is 0 Å². The zero-order valence-electron chi connectivity index (χ0n) is 19.7. The molecule has 2 rings (SSSR count). The van der Waals surface area contributed by atoms with E-state index in [1.165, 1.54) is 19.3 Å². The highest BCUT2D eigenvalue weighted by atomic mass is 35.5. The first kappa shape index (κ1) is 28.0. The van der Waals surface area contributed by atoms with Gasteiger partial charge in [-0.05, 0) is 79.6 Å². The monoisotopic (exact) mass is 525 g/mol. The van der Waals surface area contributed by atoms with Gasteiger partial charge >= 0.3 is 0 Å². The van der Waals surface area contributed by atoms with Gasteiger partial charge in [0.15, 0.2) is 0 Å². The second kappa shape index (κ2) is 12.5. The molecule has 0 fully saturated rings. The molecule has 0 spiro atoms. The van der Waals surface area contributed by atoms with Crippen LogP contribution in [0.4, 0.5) is 10.1 Å². The highest BCUT2D eigenvalue weighted by Crippen LogP contribution is 2.35. The predicted octanol–water partition coefficient (Wildman–Crippen LogP) is 6.05. The Labute approximate surface area is 209 Å². The van der Waals surface area contributed by atoms with Crippen molar-refractivity contribution in [3.63, 3.8) is 0 Å². The molecule has 0 saturated carbocycles. The molecule has 0 amide bonds. The number of hydrogen-bond acceptors (Lipinski definition) is 4. The van der Waals surface area contributed by atoms with Crippen molar-refractivity contribution < 1.29 is 22.3 Å². The molecule has 5 nitrogen and oxygen atoms in total. The van der Waals surface area contributed by atoms with Gasteiger partial charge in [-0.2, -0.15) is 0 Å². The largest absolute Gasteiger partial charge is 0.497 e. The number of alkyl halides is 1. The third-order valence-electron chi connectivity index (χ3n) is 5.31. The fourth-order valence-corrected chi connectivity index (χ4v) is 5.65. The van der Waals surface area contributed by atoms with Gasteiger partial charge in [0, 0.05) is 11.4 Å². The minimum atomic E-state index is -4.14. The molecule has 34 heavy (non-hydrogen) atoms. The Kier molecular flexibility index (Phi) is 10.3. The van der Waals surface area contributed by atoms with E-state index < -0.39 is 22.7 Å². The minimum absolute atomic E-state index is 0.0130. The number of carbonyl (C=O) groups excluding carboxylic acids is 1. The maximum absolute atomic E-state index is 14.7. The Bertz CT molecular complexity index is 1180. The van der Waals surface area contributed by atoms with E-state index in [4.69, 9.17) is 16.3 Å². The average molecular weight is 526 g/mol. The second-order valence-corrected chi connectivity index (χ2v) is 10.8. The summed E-state index contributed by atoms with van der Waals surface area (Å²) >= 11 is 6.22. The average Bonchev–Trinajstić information content (AvgIpc) is 2.77. The highest BCUT2D eigenvalue weighted by molar-refractivity contribution is 7.96. The van der Waals surface area contributed by atoms with Crippen LogP contribution in [0, 0.1) is 0 Å². The fraction of sp³-hybridized carbons (Fsp3) is 0.320. The molecule has 0 aliphatic heterocycles. The molecule has 2 atom stereocenters. The second-order valence-electron chi connectivity index (χ2n) is 7.83. The summed E-state index contributed by atoms with van der Waals surface area (Å²) in [5.41, 5.74) is 2.18. The van der Waals surface area contributed by atoms with Crippen molar-refractivity contribution in [1.29, 1.82) is 0 Å². The van der Waals surface area contributed by atoms with Crippen molar-refractivity contribution in [2.24, 2.45) is 0 Å². The van der Waals surface area contributed by atoms with E-state index in [9.17, 15) is 17.6 Å². The zero-order chi connectivity index (χ0) is 25.5. The number of rotatable bonds is 10. The Hall–Kier alpha value is -2.21. The normalized spacial score (nSPS) is 16.7. The summed E-state index contributed by atoms with van der Waals surface area (Å²) in [5.74, 6) is 0.530. The molecule has 0 heterocycles. The topological polar surface area (TPSA) is 63.7 Å². The first-order valence-electron chi connectivity index (χ1n) is 10.7. The summed E-state index contributed by atoms with van der Waals surface area (Å²) in [4.78, 5) is 11.5. The van der Waals surface area contributed by atoms with Crippen molar-refractivity contribution in [2.45, 2.75) is 39.8 Å². The van der Waals surface area contributed by atoms with E-state index in [2.05, 4.69) is 9.24 Å². The maximum atomic E-state index is 14.7. The molecule has 0 aromatic heterocycles. The molecule has 0 bridgehead atoms. The van der Waals surface area contributed by atoms with Gasteiger partial charge in [-0.3, -0.25) is 4.31 Å². The van der Waals surface area contributed by atoms with Crippen LogP contribution in [0.3, 0.4) is 0 Å². The fourth-order valence-electron chi connectivity index (χ4n) is 3.55. The summed E-state index contributed by atoms with van der Waals surface area (Å²) < 4.78 is 48.3. The molecular formula is C25H30ClFNO4PS. The third-order valence-corrected chi connectivity index (χ3v) is 8.00. The molecule has 2 unspecified atom stereocenters. The van der Waals surface area contributed by atoms with Gasteiger partial charge in [-0.1, -0.05) is 29.8 Å². The van der Waals surface area contributed by atoms with Crippen LogP contribution in [0.25, 0.3) is 0 Å². The van der Waals surface area contributed by atoms with Gasteiger partial charge < -0.3 is 9.53 Å². The Morgan fingerprint density at radius 2 is 2.03 bits per heavy atom. The van der Waals surface area contributed by atoms with E-state index in [0.29, 0.717) is 33.5 Å². The van der Waals surface area contributed by atoms with Gasteiger partial charge in [0.1, 0.15) is 18.2 Å². The molecule has 0 saturated heterocycles. The van der Waals surface area contributed by atoms with Crippen molar-refractivity contribution >= 4 is 42.8 Å². The number of sulfonamides is 1. The molecule has 0 radical (unpaired) electrons. The van der Waals surface area contributed by atoms with Gasteiger partial charge in [-0.15, -0.1) is 9.24 Å². The van der Waals surface area contributed by atoms with Gasteiger partial charge in [0.05, 0.1) is 24.2 Å². The van der Waals surface area contributed by atoms with Crippen LogP contribution in [-0.2, 0) is 26.0 Å². The third kappa shape index (κ3) is 6.68. The number of methoxy groups -OCH3 is 1. The standard InChI is InChI=1S/C25H30ClFNO4PS/c1-5-20(10-12-24(32-4)17(2)3)34(30,31)28(13-14-29)23-11-9-19(26)15-18(23)16-21-22(27)7-6-8-25(21)33/h5-6,8-12,14-15,22H,7,13,16,33H2,1-4H3/b12-10-,20-5+. The zero-order valence-corrected chi connectivity index (χ0v) is 22.4. The summed E-state index contributed by atoms with van der Waals surface area (Å²) in [6, 6.07) is 4.70. The van der Waals surface area contributed by atoms with Gasteiger partial charge in [0.2, 0.25) is 0 Å². The number of ether oxygens (including phenoxy) is 1. The van der Waals surface area contributed by atoms with Crippen LogP contribution in [0.2, 0.25) is 5.02 Å². The molecule has 1 aliphatic rings. The van der Waals surface area contributed by atoms with E-state index in [1.807, 2.05) is 19.9 Å². The maximum Gasteiger partial charge on any atom is 0.264 e. The van der Waals surface area contributed by atoms with Crippen LogP contribution >= 0.6 is 20.8 Å². The van der Waals surface area contributed by atoms with Crippen molar-refractivity contribution in [3.05, 3.63) is 86.3 Å². The number of carbonyl (C=O) groups is 1. The SMILES string of the molecule is C/C=C(\C=C/C(OC)=C(C)C)S(=O)(=O)N(CC=O)c1ccc(Cl)cc1CC1=C(P)C=CCC1F. The lowest BCUT2D eigenvalue weighted by molar-refractivity contribution is -0.106. The van der Waals surface area contributed by atoms with Crippen LogP contribution in [0.15, 0.2) is 75.7 Å². The van der Waals surface area contributed by atoms with Gasteiger partial charge in [-0.25, -0.2) is 12.8 Å². The van der Waals surface area contributed by atoms with Crippen LogP contribution < -0.4 is 4.31 Å². The number of aldehydes is 1. The number of halogens is 2. The number of allylic oxidation sites excluding steroid dienone is 8. The van der Waals surface area contributed by atoms with Gasteiger partial charge in [0.25, 0.3) is 10.0 Å². The Morgan fingerprint density at radius 3 is 2.59 bits per heavy atom. The lowest BCUT2D eigenvalue weighted by atomic mass is 9.95. The molecule has 1 aliphatic carbocycles. The van der Waals surface area contributed by atoms with Crippen LogP contribution in [-0.4, -0.2) is 34.5 Å². The number of nitrogens with zero attached hydrogens (tertiary/aromatic N) is 1. The number of benzene rings is 1. The molecular weight excluding hydrogens is 496 g/mol. The predicted molar refractivity (Wildman–Crippen MR) is 141 cm³/mol. The number of hydrogen-bond donors (Lipinski definition) is 0. The molecule has 1 aromatic rings. The smallest absolute Gasteiger partial charge is 0.264 e. The summed E-state index contributed by atoms with van der Waals surface area (Å²) in [6.45, 7) is 4.88. The van der Waals surface area contributed by atoms with Crippen molar-refractivity contribution in [2.75, 3.05) is 18.0 Å². The lowest BCUT2D eigenvalue weighted by Crippen LogP contribution is -2.34. The molecule has 1 aromatic carbocycles. The molecule has 9 heteroatoms. The summed E-state index contributed by atoms with van der Waals surface area (Å²) in [5, 5.41) is 1.09. The van der Waals surface area contributed by atoms with E-state index in [0.717, 1.165) is 9.88 Å². The first-order chi connectivity index (χ1) is 16.1. The van der Waals surface area contributed by atoms with Crippen LogP contribution in [0.1, 0.15) is 32.8 Å². The highest BCUT2D eigenvalue weighted by Gasteiger charge is 2.28. The number of anilines is 1. The summed E-state index contributed by atoms with van der Waals surface area (Å²) in [6.07, 6.45) is 7.75. The van der Waals surface area contributed by atoms with E-state index in [1.54, 1.807) is 37.3 Å². The minimum Gasteiger partial charge on any atom is -0.497 e. The Morgan fingerprint density at radius 1 is 1.32 bits per heavy atom. The van der Waals surface area contributed by atoms with E-state index in [-0.39, 0.29) is 23.4 Å². The molecule has 0 N–H and O–H groups in total. The Balaban J connectivity index is 2.60. The first-order valence-corrected chi connectivity index (χ1v) is 13.1.